The van der Waals surface area contributed by atoms with E-state index in [0.29, 0.717) is 17.1 Å². The molecule has 1 unspecified atom stereocenters. The van der Waals surface area contributed by atoms with E-state index in [1.54, 1.807) is 0 Å². The molecular weight excluding hydrogens is 236 g/mol. The fourth-order valence-electron chi connectivity index (χ4n) is 1.34. The lowest BCUT2D eigenvalue weighted by atomic mass is 10.0. The van der Waals surface area contributed by atoms with E-state index < -0.39 is 6.10 Å². The fourth-order valence-corrected chi connectivity index (χ4v) is 2.19. The van der Waals surface area contributed by atoms with Gasteiger partial charge in [-0.1, -0.05) is 12.1 Å². The van der Waals surface area contributed by atoms with Gasteiger partial charge in [-0.15, -0.1) is 0 Å². The minimum absolute atomic E-state index is 0.0586. The smallest absolute Gasteiger partial charge is 0.172 e. The van der Waals surface area contributed by atoms with Gasteiger partial charge in [0.2, 0.25) is 0 Å². The number of aliphatic hydroxyl groups excluding tert-OH is 2. The third-order valence-electron chi connectivity index (χ3n) is 2.58. The summed E-state index contributed by atoms with van der Waals surface area (Å²) in [5, 5.41) is 17.8. The third kappa shape index (κ3) is 4.50. The molecule has 0 heterocycles. The minimum atomic E-state index is -0.743. The Bertz CT molecular complexity index is 390. The van der Waals surface area contributed by atoms with E-state index >= 15 is 0 Å². The summed E-state index contributed by atoms with van der Waals surface area (Å²) in [7, 11) is 0. The Hall–Kier alpha value is -0.840. The highest BCUT2D eigenvalue weighted by atomic mass is 32.2. The van der Waals surface area contributed by atoms with Crippen molar-refractivity contribution in [2.75, 3.05) is 18.1 Å². The van der Waals surface area contributed by atoms with Crippen LogP contribution in [0.15, 0.2) is 18.2 Å². The molecule has 0 aliphatic carbocycles. The standard InChI is InChI=1S/C13H18O3S/c1-9-3-4-11(5-10(9)2)13(16)8-17-7-12(15)6-14/h3-5,12,14-15H,6-8H2,1-2H3. The lowest BCUT2D eigenvalue weighted by Gasteiger charge is -2.07. The second-order valence-corrected chi connectivity index (χ2v) is 5.10. The molecule has 4 heteroatoms. The van der Waals surface area contributed by atoms with Gasteiger partial charge in [-0.05, 0) is 31.0 Å². The van der Waals surface area contributed by atoms with Gasteiger partial charge in [0.15, 0.2) is 5.78 Å². The second kappa shape index (κ2) is 6.79. The van der Waals surface area contributed by atoms with Gasteiger partial charge < -0.3 is 10.2 Å². The molecule has 94 valence electrons. The lowest BCUT2D eigenvalue weighted by Crippen LogP contribution is -2.16. The summed E-state index contributed by atoms with van der Waals surface area (Å²) >= 11 is 1.34. The van der Waals surface area contributed by atoms with E-state index in [0.717, 1.165) is 5.56 Å². The molecule has 0 saturated carbocycles. The number of hydrogen-bond acceptors (Lipinski definition) is 4. The molecule has 3 nitrogen and oxygen atoms in total. The normalized spacial score (nSPS) is 12.5. The summed E-state index contributed by atoms with van der Waals surface area (Å²) in [6, 6.07) is 5.66. The van der Waals surface area contributed by atoms with E-state index in [4.69, 9.17) is 10.2 Å². The van der Waals surface area contributed by atoms with E-state index in [1.807, 2.05) is 32.0 Å². The number of thioether (sulfide) groups is 1. The van der Waals surface area contributed by atoms with Gasteiger partial charge in [-0.25, -0.2) is 0 Å². The first-order chi connectivity index (χ1) is 8.04. The average molecular weight is 254 g/mol. The van der Waals surface area contributed by atoms with Crippen LogP contribution in [-0.4, -0.2) is 40.2 Å². The van der Waals surface area contributed by atoms with Crippen molar-refractivity contribution in [3.05, 3.63) is 34.9 Å². The fraction of sp³-hybridized carbons (Fsp3) is 0.462. The second-order valence-electron chi connectivity index (χ2n) is 4.07. The van der Waals surface area contributed by atoms with Crippen LogP contribution < -0.4 is 0 Å². The number of carbonyl (C=O) groups is 1. The largest absolute Gasteiger partial charge is 0.394 e. The van der Waals surface area contributed by atoms with Crippen LogP contribution in [-0.2, 0) is 0 Å². The quantitative estimate of drug-likeness (QED) is 0.757. The zero-order valence-corrected chi connectivity index (χ0v) is 11.0. The van der Waals surface area contributed by atoms with Gasteiger partial charge >= 0.3 is 0 Å². The molecule has 0 aromatic heterocycles. The van der Waals surface area contributed by atoms with Gasteiger partial charge in [0.05, 0.1) is 18.5 Å². The Morgan fingerprint density at radius 3 is 2.65 bits per heavy atom. The monoisotopic (exact) mass is 254 g/mol. The Kier molecular flexibility index (Phi) is 5.68. The van der Waals surface area contributed by atoms with Crippen molar-refractivity contribution >= 4 is 17.5 Å². The molecule has 0 bridgehead atoms. The third-order valence-corrected chi connectivity index (χ3v) is 3.67. The van der Waals surface area contributed by atoms with Gasteiger partial charge in [-0.3, -0.25) is 4.79 Å². The summed E-state index contributed by atoms with van der Waals surface area (Å²) < 4.78 is 0. The molecule has 1 aromatic carbocycles. The number of rotatable bonds is 6. The molecule has 0 aliphatic rings. The molecule has 17 heavy (non-hydrogen) atoms. The van der Waals surface area contributed by atoms with Crippen LogP contribution in [0, 0.1) is 13.8 Å². The zero-order valence-electron chi connectivity index (χ0n) is 10.1. The molecule has 1 aromatic rings. The maximum atomic E-state index is 11.8. The van der Waals surface area contributed by atoms with E-state index in [-0.39, 0.29) is 12.4 Å². The molecule has 2 N–H and O–H groups in total. The molecule has 0 spiro atoms. The predicted molar refractivity (Wildman–Crippen MR) is 70.7 cm³/mol. The van der Waals surface area contributed by atoms with Crippen LogP contribution in [0.3, 0.4) is 0 Å². The Morgan fingerprint density at radius 2 is 2.06 bits per heavy atom. The van der Waals surface area contributed by atoms with Crippen molar-refractivity contribution in [1.82, 2.24) is 0 Å². The minimum Gasteiger partial charge on any atom is -0.394 e. The Labute approximate surface area is 106 Å². The summed E-state index contributed by atoms with van der Waals surface area (Å²) in [6.07, 6.45) is -0.743. The van der Waals surface area contributed by atoms with Crippen molar-refractivity contribution in [3.8, 4) is 0 Å². The SMILES string of the molecule is Cc1ccc(C(=O)CSCC(O)CO)cc1C. The number of hydrogen-bond donors (Lipinski definition) is 2. The van der Waals surface area contributed by atoms with Crippen molar-refractivity contribution < 1.29 is 15.0 Å². The summed E-state index contributed by atoms with van der Waals surface area (Å²) in [4.78, 5) is 11.8. The Morgan fingerprint density at radius 1 is 1.35 bits per heavy atom. The van der Waals surface area contributed by atoms with Crippen molar-refractivity contribution in [3.63, 3.8) is 0 Å². The first kappa shape index (κ1) is 14.2. The first-order valence-electron chi connectivity index (χ1n) is 5.51. The topological polar surface area (TPSA) is 57.5 Å². The summed E-state index contributed by atoms with van der Waals surface area (Å²) in [6.45, 7) is 3.73. The van der Waals surface area contributed by atoms with Gasteiger partial charge in [0.1, 0.15) is 0 Å². The van der Waals surface area contributed by atoms with Crippen LogP contribution in [0.1, 0.15) is 21.5 Å². The maximum absolute atomic E-state index is 11.8. The number of carbonyl (C=O) groups excluding carboxylic acids is 1. The molecule has 0 amide bonds. The van der Waals surface area contributed by atoms with Crippen LogP contribution in [0.25, 0.3) is 0 Å². The van der Waals surface area contributed by atoms with E-state index in [1.165, 1.54) is 17.3 Å². The van der Waals surface area contributed by atoms with Crippen LogP contribution >= 0.6 is 11.8 Å². The molecule has 1 atom stereocenters. The first-order valence-corrected chi connectivity index (χ1v) is 6.67. The van der Waals surface area contributed by atoms with E-state index in [2.05, 4.69) is 0 Å². The van der Waals surface area contributed by atoms with Gasteiger partial charge in [0.25, 0.3) is 0 Å². The molecule has 0 aliphatic heterocycles. The highest BCUT2D eigenvalue weighted by Gasteiger charge is 2.09. The molecular formula is C13H18O3S. The number of aliphatic hydroxyl groups is 2. The number of Topliss-reactive ketones (excluding diaryl/α,β-unsaturated/α-hetero) is 1. The van der Waals surface area contributed by atoms with E-state index in [9.17, 15) is 4.79 Å². The number of benzene rings is 1. The molecule has 0 fully saturated rings. The maximum Gasteiger partial charge on any atom is 0.172 e. The van der Waals surface area contributed by atoms with Crippen molar-refractivity contribution in [1.29, 1.82) is 0 Å². The highest BCUT2D eigenvalue weighted by molar-refractivity contribution is 8.00. The van der Waals surface area contributed by atoms with Crippen LogP contribution in [0.2, 0.25) is 0 Å². The molecule has 0 saturated heterocycles. The highest BCUT2D eigenvalue weighted by Crippen LogP contribution is 2.13. The van der Waals surface area contributed by atoms with Crippen molar-refractivity contribution in [2.24, 2.45) is 0 Å². The average Bonchev–Trinajstić information content (AvgIpc) is 2.32. The number of ketones is 1. The zero-order chi connectivity index (χ0) is 12.8. The van der Waals surface area contributed by atoms with Gasteiger partial charge in [0, 0.05) is 11.3 Å². The molecule has 1 rings (SSSR count). The Balaban J connectivity index is 2.50. The lowest BCUT2D eigenvalue weighted by molar-refractivity contribution is 0.102. The predicted octanol–water partition coefficient (Wildman–Crippen LogP) is 1.57. The summed E-state index contributed by atoms with van der Waals surface area (Å²) in [5.41, 5.74) is 2.99. The number of aryl methyl sites for hydroxylation is 2. The van der Waals surface area contributed by atoms with Crippen LogP contribution in [0.4, 0.5) is 0 Å². The van der Waals surface area contributed by atoms with Gasteiger partial charge in [-0.2, -0.15) is 11.8 Å². The van der Waals surface area contributed by atoms with Crippen LogP contribution in [0.5, 0.6) is 0 Å². The summed E-state index contributed by atoms with van der Waals surface area (Å²) in [5.74, 6) is 0.773. The molecule has 0 radical (unpaired) electrons. The van der Waals surface area contributed by atoms with Crippen molar-refractivity contribution in [2.45, 2.75) is 20.0 Å².